The number of allylic oxidation sites excluding steroid dienone is 1. The van der Waals surface area contributed by atoms with E-state index in [-0.39, 0.29) is 18.7 Å². The number of ether oxygens (including phenoxy) is 3. The van der Waals surface area contributed by atoms with Gasteiger partial charge in [-0.1, -0.05) is 12.1 Å². The van der Waals surface area contributed by atoms with Gasteiger partial charge in [0, 0.05) is 11.1 Å². The zero-order valence-corrected chi connectivity index (χ0v) is 15.8. The number of hydrogen-bond donors (Lipinski definition) is 0. The highest BCUT2D eigenvalue weighted by Crippen LogP contribution is 2.40. The van der Waals surface area contributed by atoms with Crippen molar-refractivity contribution in [2.75, 3.05) is 20.8 Å². The Balaban J connectivity index is 2.25. The Morgan fingerprint density at radius 1 is 1.00 bits per heavy atom. The topological polar surface area (TPSA) is 58.9 Å². The molecule has 5 heteroatoms. The molecule has 0 fully saturated rings. The average molecular weight is 366 g/mol. The number of benzene rings is 2. The van der Waals surface area contributed by atoms with Gasteiger partial charge in [-0.3, -0.25) is 5.32 Å². The number of esters is 1. The number of hydrogen-bond acceptors (Lipinski definition) is 4. The Morgan fingerprint density at radius 2 is 1.59 bits per heavy atom. The molecule has 1 aliphatic rings. The summed E-state index contributed by atoms with van der Waals surface area (Å²) in [4.78, 5) is 12.7. The zero-order chi connectivity index (χ0) is 21.1. The smallest absolute Gasteiger partial charge is 0.340 e. The summed E-state index contributed by atoms with van der Waals surface area (Å²) in [6.45, 7) is 3.68. The minimum absolute atomic E-state index is 0.184. The van der Waals surface area contributed by atoms with Crippen LogP contribution < -0.4 is 14.8 Å². The number of nitrogens with zero attached hydrogens (tertiary/aromatic N) is 1. The molecule has 0 aliphatic carbocycles. The lowest BCUT2D eigenvalue weighted by molar-refractivity contribution is -0.138. The molecule has 0 spiro atoms. The first-order valence-corrected chi connectivity index (χ1v) is 8.55. The lowest BCUT2D eigenvalue weighted by atomic mass is 9.94. The highest BCUT2D eigenvalue weighted by Gasteiger charge is 2.31. The minimum Gasteiger partial charge on any atom is -0.497 e. The molecule has 0 amide bonds. The van der Waals surface area contributed by atoms with Crippen LogP contribution in [0.5, 0.6) is 11.5 Å². The first-order chi connectivity index (χ1) is 13.9. The Bertz CT molecular complexity index is 1030. The summed E-state index contributed by atoms with van der Waals surface area (Å²) in [5.74, 6) is 0.591. The molecule has 1 aliphatic heterocycles. The fourth-order valence-corrected chi connectivity index (χ4v) is 2.87. The molecule has 139 valence electrons. The summed E-state index contributed by atoms with van der Waals surface area (Å²) in [5.41, 5.74) is 2.77. The maximum Gasteiger partial charge on any atom is 0.340 e. The second kappa shape index (κ2) is 7.99. The normalized spacial score (nSPS) is 14.5. The molecule has 1 heterocycles. The quantitative estimate of drug-likeness (QED) is 0.725. The van der Waals surface area contributed by atoms with Gasteiger partial charge < -0.3 is 14.2 Å². The summed E-state index contributed by atoms with van der Waals surface area (Å²) >= 11 is 0. The number of carbonyl (C=O) groups is 1. The van der Waals surface area contributed by atoms with Gasteiger partial charge in [0.1, 0.15) is 11.5 Å². The molecule has 27 heavy (non-hydrogen) atoms. The van der Waals surface area contributed by atoms with E-state index in [2.05, 4.69) is 5.32 Å². The molecule has 1 radical (unpaired) electrons. The Morgan fingerprint density at radius 3 is 2.11 bits per heavy atom. The molecule has 5 nitrogen and oxygen atoms in total. The fraction of sp³-hybridized carbons (Fsp3) is 0.227. The van der Waals surface area contributed by atoms with Gasteiger partial charge in [0.25, 0.3) is 0 Å². The molecular weight excluding hydrogens is 342 g/mol. The van der Waals surface area contributed by atoms with E-state index in [9.17, 15) is 4.79 Å². The fourth-order valence-electron chi connectivity index (χ4n) is 2.87. The third-order valence-corrected chi connectivity index (χ3v) is 4.17. The van der Waals surface area contributed by atoms with Crippen LogP contribution in [-0.2, 0) is 9.53 Å². The van der Waals surface area contributed by atoms with E-state index in [1.807, 2.05) is 0 Å². The van der Waals surface area contributed by atoms with Crippen LogP contribution >= 0.6 is 0 Å². The van der Waals surface area contributed by atoms with Crippen LogP contribution in [0.25, 0.3) is 11.3 Å². The minimum atomic E-state index is -0.506. The largest absolute Gasteiger partial charge is 0.497 e. The highest BCUT2D eigenvalue weighted by molar-refractivity contribution is 6.16. The SMILES string of the molecule is [2H]c1cc(OC)ccc1C1=C(c2ccc(OC)cc2[2H])C(C(=O)OCC)=C(C)[N]1. The Hall–Kier alpha value is -3.21. The van der Waals surface area contributed by atoms with Crippen molar-refractivity contribution in [3.8, 4) is 11.5 Å². The lowest BCUT2D eigenvalue weighted by Crippen LogP contribution is -2.09. The molecule has 0 atom stereocenters. The van der Waals surface area contributed by atoms with E-state index in [4.69, 9.17) is 17.0 Å². The van der Waals surface area contributed by atoms with Gasteiger partial charge in [-0.25, -0.2) is 4.79 Å². The molecule has 2 aromatic carbocycles. The second-order valence-electron chi connectivity index (χ2n) is 5.80. The molecule has 2 aromatic rings. The summed E-state index contributed by atoms with van der Waals surface area (Å²) in [7, 11) is 3.06. The number of methoxy groups -OCH3 is 2. The van der Waals surface area contributed by atoms with E-state index in [1.165, 1.54) is 14.2 Å². The van der Waals surface area contributed by atoms with Crippen molar-refractivity contribution in [1.82, 2.24) is 5.32 Å². The molecule has 0 N–H and O–H groups in total. The van der Waals surface area contributed by atoms with Crippen molar-refractivity contribution in [3.63, 3.8) is 0 Å². The molecular formula is C22H22NO4. The van der Waals surface area contributed by atoms with Crippen LogP contribution in [0.3, 0.4) is 0 Å². The van der Waals surface area contributed by atoms with Gasteiger partial charge in [0.15, 0.2) is 0 Å². The third-order valence-electron chi connectivity index (χ3n) is 4.17. The zero-order valence-electron chi connectivity index (χ0n) is 17.8. The summed E-state index contributed by atoms with van der Waals surface area (Å²) in [6.07, 6.45) is 0. The molecule has 3 rings (SSSR count). The predicted molar refractivity (Wildman–Crippen MR) is 104 cm³/mol. The van der Waals surface area contributed by atoms with Gasteiger partial charge in [-0.15, -0.1) is 0 Å². The van der Waals surface area contributed by atoms with E-state index in [0.717, 1.165) is 0 Å². The van der Waals surface area contributed by atoms with Crippen LogP contribution in [0, 0.1) is 0 Å². The number of carbonyl (C=O) groups excluding carboxylic acids is 1. The van der Waals surface area contributed by atoms with E-state index < -0.39 is 5.97 Å². The van der Waals surface area contributed by atoms with Crippen LogP contribution in [0.2, 0.25) is 0 Å². The van der Waals surface area contributed by atoms with Gasteiger partial charge in [0.2, 0.25) is 0 Å². The van der Waals surface area contributed by atoms with Gasteiger partial charge >= 0.3 is 5.97 Å². The average Bonchev–Trinajstić information content (AvgIpc) is 3.04. The lowest BCUT2D eigenvalue weighted by Gasteiger charge is -2.12. The first kappa shape index (κ1) is 16.0. The Labute approximate surface area is 162 Å². The standard InChI is InChI=1S/C22H22NO4/c1-5-27-22(24)19-14(2)23-21(16-8-12-18(26-4)13-9-16)20(19)15-6-10-17(25-3)11-7-15/h6-13H,5H2,1-4H3/i6D,8D. The van der Waals surface area contributed by atoms with Crippen molar-refractivity contribution in [2.24, 2.45) is 0 Å². The molecule has 0 saturated heterocycles. The summed E-state index contributed by atoms with van der Waals surface area (Å²) in [6, 6.07) is 10.5. The van der Waals surface area contributed by atoms with Crippen molar-refractivity contribution < 1.29 is 21.7 Å². The number of rotatable bonds is 6. The maximum atomic E-state index is 12.7. The van der Waals surface area contributed by atoms with Crippen LogP contribution in [-0.4, -0.2) is 26.8 Å². The molecule has 0 unspecified atom stereocenters. The van der Waals surface area contributed by atoms with Crippen molar-refractivity contribution >= 4 is 17.2 Å². The summed E-state index contributed by atoms with van der Waals surface area (Å²) in [5, 5.41) is 4.58. The predicted octanol–water partition coefficient (Wildman–Crippen LogP) is 4.03. The van der Waals surface area contributed by atoms with Gasteiger partial charge in [-0.05, 0) is 55.8 Å². The van der Waals surface area contributed by atoms with Crippen molar-refractivity contribution in [3.05, 3.63) is 70.9 Å². The monoisotopic (exact) mass is 366 g/mol. The van der Waals surface area contributed by atoms with E-state index in [1.54, 1.807) is 50.2 Å². The van der Waals surface area contributed by atoms with Crippen LogP contribution in [0.1, 0.15) is 27.7 Å². The van der Waals surface area contributed by atoms with Gasteiger partial charge in [0.05, 0.1) is 40.5 Å². The third kappa shape index (κ3) is 3.67. The van der Waals surface area contributed by atoms with Crippen molar-refractivity contribution in [2.45, 2.75) is 13.8 Å². The molecule has 0 aromatic heterocycles. The van der Waals surface area contributed by atoms with E-state index in [0.29, 0.717) is 45.2 Å². The molecule has 0 bridgehead atoms. The van der Waals surface area contributed by atoms with Crippen molar-refractivity contribution in [1.29, 1.82) is 0 Å². The molecule has 0 saturated carbocycles. The van der Waals surface area contributed by atoms with Gasteiger partial charge in [-0.2, -0.15) is 0 Å². The maximum absolute atomic E-state index is 12.7. The van der Waals surface area contributed by atoms with E-state index >= 15 is 0 Å². The van der Waals surface area contributed by atoms with Crippen LogP contribution in [0.15, 0.2) is 59.8 Å². The van der Waals surface area contributed by atoms with Crippen LogP contribution in [0.4, 0.5) is 0 Å². The second-order valence-corrected chi connectivity index (χ2v) is 5.80. The Kier molecular flexibility index (Phi) is 4.74. The highest BCUT2D eigenvalue weighted by atomic mass is 16.5. The summed E-state index contributed by atoms with van der Waals surface area (Å²) < 4.78 is 32.5. The first-order valence-electron chi connectivity index (χ1n) is 9.55.